The summed E-state index contributed by atoms with van der Waals surface area (Å²) in [5, 5.41) is 9.86. The number of carboxylic acids is 1. The van der Waals surface area contributed by atoms with Crippen molar-refractivity contribution in [3.05, 3.63) is 61.5 Å². The zero-order valence-electron chi connectivity index (χ0n) is 17.7. The first kappa shape index (κ1) is 22.7. The van der Waals surface area contributed by atoms with E-state index in [2.05, 4.69) is 22.6 Å². The van der Waals surface area contributed by atoms with Gasteiger partial charge >= 0.3 is 5.97 Å². The Morgan fingerprint density at radius 2 is 1.90 bits per heavy atom. The van der Waals surface area contributed by atoms with Crippen LogP contribution in [-0.2, 0) is 27.3 Å². The number of benzene rings is 2. The molecule has 0 saturated carbocycles. The molecule has 0 saturated heterocycles. The second-order valence-electron chi connectivity index (χ2n) is 8.52. The van der Waals surface area contributed by atoms with Gasteiger partial charge in [0, 0.05) is 14.8 Å². The molecule has 160 valence electrons. The van der Waals surface area contributed by atoms with E-state index in [1.807, 2.05) is 34.6 Å². The van der Waals surface area contributed by atoms with Crippen LogP contribution in [0.25, 0.3) is 0 Å². The molecule has 7 heteroatoms. The van der Waals surface area contributed by atoms with Crippen molar-refractivity contribution in [1.82, 2.24) is 0 Å². The van der Waals surface area contributed by atoms with Crippen LogP contribution < -0.4 is 4.90 Å². The Morgan fingerprint density at radius 3 is 2.47 bits per heavy atom. The van der Waals surface area contributed by atoms with Gasteiger partial charge < -0.3 is 14.7 Å². The molecular formula is C23H25FINO4. The summed E-state index contributed by atoms with van der Waals surface area (Å²) in [6.45, 7) is 9.55. The molecule has 1 N–H and O–H groups in total. The number of nitrogens with zero attached hydrogens (tertiary/aromatic N) is 1. The van der Waals surface area contributed by atoms with E-state index in [0.29, 0.717) is 17.8 Å². The van der Waals surface area contributed by atoms with Crippen LogP contribution in [0, 0.1) is 23.2 Å². The first-order valence-corrected chi connectivity index (χ1v) is 10.8. The number of fused-ring (bicyclic) bond motifs is 1. The van der Waals surface area contributed by atoms with Crippen LogP contribution in [0.3, 0.4) is 0 Å². The first-order valence-electron chi connectivity index (χ1n) is 9.67. The Balaban J connectivity index is 2.12. The quantitative estimate of drug-likeness (QED) is 0.566. The average molecular weight is 525 g/mol. The molecule has 30 heavy (non-hydrogen) atoms. The van der Waals surface area contributed by atoms with E-state index in [-0.39, 0.29) is 12.3 Å². The maximum absolute atomic E-state index is 13.7. The Kier molecular flexibility index (Phi) is 6.25. The van der Waals surface area contributed by atoms with Crippen molar-refractivity contribution in [2.24, 2.45) is 0 Å². The van der Waals surface area contributed by atoms with Gasteiger partial charge in [-0.15, -0.1) is 0 Å². The van der Waals surface area contributed by atoms with Gasteiger partial charge in [-0.1, -0.05) is 6.07 Å². The lowest BCUT2D eigenvalue weighted by molar-refractivity contribution is -0.160. The molecule has 0 aliphatic carbocycles. The third-order valence-electron chi connectivity index (χ3n) is 5.26. The monoisotopic (exact) mass is 525 g/mol. The Hall–Kier alpha value is -2.00. The number of halogens is 2. The summed E-state index contributed by atoms with van der Waals surface area (Å²) >= 11 is 2.16. The molecule has 0 aromatic heterocycles. The lowest BCUT2D eigenvalue weighted by atomic mass is 9.86. The molecule has 0 radical (unpaired) electrons. The van der Waals surface area contributed by atoms with E-state index < -0.39 is 23.5 Å². The van der Waals surface area contributed by atoms with E-state index in [9.17, 15) is 19.1 Å². The molecule has 0 bridgehead atoms. The molecule has 2 aromatic carbocycles. The maximum atomic E-state index is 13.7. The van der Waals surface area contributed by atoms with Crippen molar-refractivity contribution in [2.75, 3.05) is 4.90 Å². The predicted octanol–water partition coefficient (Wildman–Crippen LogP) is 5.08. The molecule has 0 fully saturated rings. The molecule has 1 atom stereocenters. The minimum Gasteiger partial charge on any atom is -0.479 e. The topological polar surface area (TPSA) is 66.8 Å². The number of carbonyl (C=O) groups excluding carboxylic acids is 1. The van der Waals surface area contributed by atoms with Crippen LogP contribution in [0.5, 0.6) is 0 Å². The second kappa shape index (κ2) is 8.26. The van der Waals surface area contributed by atoms with Gasteiger partial charge in [0.25, 0.3) is 0 Å². The fourth-order valence-corrected chi connectivity index (χ4v) is 4.85. The van der Waals surface area contributed by atoms with Crippen LogP contribution >= 0.6 is 22.6 Å². The molecule has 1 aliphatic rings. The predicted molar refractivity (Wildman–Crippen MR) is 121 cm³/mol. The van der Waals surface area contributed by atoms with Crippen molar-refractivity contribution in [2.45, 2.75) is 59.3 Å². The molecule has 0 spiro atoms. The highest BCUT2D eigenvalue weighted by molar-refractivity contribution is 14.1. The normalized spacial score (nSPS) is 15.2. The standard InChI is InChI=1S/C23H25FINO4/c1-12-16-10-18(27)26(15-8-6-7-14(24)9-15)11-17(16)13(2)20(25)19(12)21(22(28)29)30-23(3,4)5/h6-9,21H,10-11H2,1-5H3,(H,28,29)/t21-/m0/s1. The Bertz CT molecular complexity index is 1030. The van der Waals surface area contributed by atoms with E-state index in [0.717, 1.165) is 25.8 Å². The maximum Gasteiger partial charge on any atom is 0.337 e. The molecule has 5 nitrogen and oxygen atoms in total. The summed E-state index contributed by atoms with van der Waals surface area (Å²) in [6.07, 6.45) is -0.998. The highest BCUT2D eigenvalue weighted by Gasteiger charge is 2.35. The van der Waals surface area contributed by atoms with E-state index >= 15 is 0 Å². The minimum absolute atomic E-state index is 0.129. The molecule has 1 aliphatic heterocycles. The van der Waals surface area contributed by atoms with Crippen molar-refractivity contribution >= 4 is 40.2 Å². The first-order chi connectivity index (χ1) is 13.9. The summed E-state index contributed by atoms with van der Waals surface area (Å²) in [7, 11) is 0. The number of carboxylic acid groups (broad SMARTS) is 1. The lowest BCUT2D eigenvalue weighted by Crippen LogP contribution is -2.38. The summed E-state index contributed by atoms with van der Waals surface area (Å²) < 4.78 is 20.4. The van der Waals surface area contributed by atoms with Gasteiger partial charge in [0.2, 0.25) is 5.91 Å². The zero-order valence-corrected chi connectivity index (χ0v) is 19.8. The summed E-state index contributed by atoms with van der Waals surface area (Å²) in [5.74, 6) is -1.60. The number of amides is 1. The highest BCUT2D eigenvalue weighted by atomic mass is 127. The van der Waals surface area contributed by atoms with Crippen molar-refractivity contribution in [1.29, 1.82) is 0 Å². The lowest BCUT2D eigenvalue weighted by Gasteiger charge is -2.34. The number of carbonyl (C=O) groups is 2. The SMILES string of the molecule is Cc1c(I)c([C@H](OC(C)(C)C)C(=O)O)c(C)c2c1CN(c1cccc(F)c1)C(=O)C2. The van der Waals surface area contributed by atoms with Crippen LogP contribution in [0.1, 0.15) is 54.7 Å². The Morgan fingerprint density at radius 1 is 1.23 bits per heavy atom. The molecule has 2 aromatic rings. The van der Waals surface area contributed by atoms with Gasteiger partial charge in [0.1, 0.15) is 5.82 Å². The van der Waals surface area contributed by atoms with Crippen LogP contribution in [0.2, 0.25) is 0 Å². The summed E-state index contributed by atoms with van der Waals surface area (Å²) in [6, 6.07) is 5.99. The fraction of sp³-hybridized carbons (Fsp3) is 0.391. The number of anilines is 1. The fourth-order valence-electron chi connectivity index (χ4n) is 3.84. The van der Waals surface area contributed by atoms with Crippen molar-refractivity contribution < 1.29 is 23.8 Å². The molecule has 1 heterocycles. The molecule has 1 amide bonds. The van der Waals surface area contributed by atoms with E-state index in [4.69, 9.17) is 4.74 Å². The van der Waals surface area contributed by atoms with Crippen LogP contribution in [0.15, 0.2) is 24.3 Å². The largest absolute Gasteiger partial charge is 0.479 e. The molecule has 0 unspecified atom stereocenters. The highest BCUT2D eigenvalue weighted by Crippen LogP contribution is 2.39. The second-order valence-corrected chi connectivity index (χ2v) is 9.60. The number of aliphatic carboxylic acids is 1. The zero-order chi connectivity index (χ0) is 22.4. The number of hydrogen-bond donors (Lipinski definition) is 1. The third-order valence-corrected chi connectivity index (χ3v) is 6.65. The van der Waals surface area contributed by atoms with Crippen LogP contribution in [0.4, 0.5) is 10.1 Å². The van der Waals surface area contributed by atoms with Gasteiger partial charge in [0.15, 0.2) is 6.10 Å². The van der Waals surface area contributed by atoms with Crippen molar-refractivity contribution in [3.8, 4) is 0 Å². The van der Waals surface area contributed by atoms with Gasteiger partial charge in [-0.25, -0.2) is 9.18 Å². The summed E-state index contributed by atoms with van der Waals surface area (Å²) in [5.41, 5.74) is 3.97. The average Bonchev–Trinajstić information content (AvgIpc) is 2.64. The van der Waals surface area contributed by atoms with Gasteiger partial charge in [-0.2, -0.15) is 0 Å². The third kappa shape index (κ3) is 4.37. The minimum atomic E-state index is -1.13. The van der Waals surface area contributed by atoms with Gasteiger partial charge in [-0.05, 0) is 97.7 Å². The van der Waals surface area contributed by atoms with E-state index in [1.165, 1.54) is 12.1 Å². The van der Waals surface area contributed by atoms with E-state index in [1.54, 1.807) is 17.0 Å². The number of rotatable bonds is 4. The number of hydrogen-bond acceptors (Lipinski definition) is 3. The van der Waals surface area contributed by atoms with Crippen LogP contribution in [-0.4, -0.2) is 22.6 Å². The number of ether oxygens (including phenoxy) is 1. The smallest absolute Gasteiger partial charge is 0.337 e. The van der Waals surface area contributed by atoms with Crippen molar-refractivity contribution in [3.63, 3.8) is 0 Å². The van der Waals surface area contributed by atoms with Gasteiger partial charge in [-0.3, -0.25) is 4.79 Å². The Labute approximate surface area is 189 Å². The van der Waals surface area contributed by atoms with Gasteiger partial charge in [0.05, 0.1) is 18.6 Å². The molecular weight excluding hydrogens is 500 g/mol. The summed E-state index contributed by atoms with van der Waals surface area (Å²) in [4.78, 5) is 26.5. The molecule has 3 rings (SSSR count).